The van der Waals surface area contributed by atoms with E-state index in [2.05, 4.69) is 10.3 Å². The van der Waals surface area contributed by atoms with Gasteiger partial charge in [0.25, 0.3) is 5.91 Å². The molecule has 2 rings (SSSR count). The predicted octanol–water partition coefficient (Wildman–Crippen LogP) is 2.10. The summed E-state index contributed by atoms with van der Waals surface area (Å²) in [6.07, 6.45) is 4.74. The van der Waals surface area contributed by atoms with Crippen molar-refractivity contribution in [3.05, 3.63) is 59.9 Å². The van der Waals surface area contributed by atoms with E-state index in [-0.39, 0.29) is 11.8 Å². The Labute approximate surface area is 148 Å². The van der Waals surface area contributed by atoms with E-state index in [1.165, 1.54) is 0 Å². The van der Waals surface area contributed by atoms with Crippen molar-refractivity contribution in [1.82, 2.24) is 10.3 Å². The van der Waals surface area contributed by atoms with Gasteiger partial charge >= 0.3 is 0 Å². The second-order valence-electron chi connectivity index (χ2n) is 5.88. The lowest BCUT2D eigenvalue weighted by molar-refractivity contribution is -0.122. The second-order valence-corrected chi connectivity index (χ2v) is 5.88. The largest absolute Gasteiger partial charge is 0.351 e. The molecule has 0 saturated heterocycles. The first kappa shape index (κ1) is 18.6. The molecular formula is C19H24N4O2. The number of hydrogen-bond donors (Lipinski definition) is 2. The quantitative estimate of drug-likeness (QED) is 0.808. The first-order valence-corrected chi connectivity index (χ1v) is 8.33. The van der Waals surface area contributed by atoms with Crippen molar-refractivity contribution in [1.29, 1.82) is 0 Å². The minimum atomic E-state index is -0.464. The maximum atomic E-state index is 12.4. The SMILES string of the molecule is CCCC(N)C(=O)NCc1ccc(N(C)C(=O)c2ccncc2)cc1. The van der Waals surface area contributed by atoms with E-state index < -0.39 is 6.04 Å². The van der Waals surface area contributed by atoms with E-state index in [0.717, 1.165) is 17.7 Å². The molecule has 6 heteroatoms. The summed E-state index contributed by atoms with van der Waals surface area (Å²) in [7, 11) is 1.73. The third kappa shape index (κ3) is 5.12. The van der Waals surface area contributed by atoms with Gasteiger partial charge < -0.3 is 16.0 Å². The van der Waals surface area contributed by atoms with Crippen LogP contribution in [0.15, 0.2) is 48.8 Å². The highest BCUT2D eigenvalue weighted by Gasteiger charge is 2.14. The van der Waals surface area contributed by atoms with Crippen LogP contribution in [-0.2, 0) is 11.3 Å². The number of carbonyl (C=O) groups excluding carboxylic acids is 2. The fourth-order valence-electron chi connectivity index (χ4n) is 2.41. The molecule has 1 unspecified atom stereocenters. The zero-order valence-corrected chi connectivity index (χ0v) is 14.6. The smallest absolute Gasteiger partial charge is 0.258 e. The van der Waals surface area contributed by atoms with Crippen LogP contribution in [0, 0.1) is 0 Å². The number of nitrogens with two attached hydrogens (primary N) is 1. The standard InChI is InChI=1S/C19H24N4O2/c1-3-4-17(20)18(24)22-13-14-5-7-16(8-6-14)23(2)19(25)15-9-11-21-12-10-15/h5-12,17H,3-4,13,20H2,1-2H3,(H,22,24). The number of carbonyl (C=O) groups is 2. The Hall–Kier alpha value is -2.73. The van der Waals surface area contributed by atoms with Crippen molar-refractivity contribution < 1.29 is 9.59 Å². The Bertz CT molecular complexity index is 701. The molecule has 1 heterocycles. The molecule has 132 valence electrons. The lowest BCUT2D eigenvalue weighted by Crippen LogP contribution is -2.40. The van der Waals surface area contributed by atoms with E-state index in [1.807, 2.05) is 31.2 Å². The monoisotopic (exact) mass is 340 g/mol. The molecule has 1 aromatic carbocycles. The van der Waals surface area contributed by atoms with Crippen LogP contribution >= 0.6 is 0 Å². The summed E-state index contributed by atoms with van der Waals surface area (Å²) in [5, 5.41) is 2.83. The van der Waals surface area contributed by atoms with E-state index >= 15 is 0 Å². The van der Waals surface area contributed by atoms with Crippen LogP contribution in [-0.4, -0.2) is 29.9 Å². The lowest BCUT2D eigenvalue weighted by atomic mass is 10.1. The number of nitrogens with zero attached hydrogens (tertiary/aromatic N) is 2. The molecule has 0 aliphatic carbocycles. The van der Waals surface area contributed by atoms with Crippen LogP contribution in [0.25, 0.3) is 0 Å². The molecule has 0 spiro atoms. The van der Waals surface area contributed by atoms with E-state index in [4.69, 9.17) is 5.73 Å². The first-order valence-electron chi connectivity index (χ1n) is 8.33. The molecule has 2 amide bonds. The Morgan fingerprint density at radius 3 is 2.40 bits per heavy atom. The maximum Gasteiger partial charge on any atom is 0.258 e. The van der Waals surface area contributed by atoms with Gasteiger partial charge in [0, 0.05) is 37.2 Å². The van der Waals surface area contributed by atoms with E-state index in [0.29, 0.717) is 18.5 Å². The van der Waals surface area contributed by atoms with Gasteiger partial charge in [0.2, 0.25) is 5.91 Å². The average molecular weight is 340 g/mol. The van der Waals surface area contributed by atoms with Crippen LogP contribution in [0.2, 0.25) is 0 Å². The molecule has 0 aliphatic rings. The summed E-state index contributed by atoms with van der Waals surface area (Å²) in [6.45, 7) is 2.41. The van der Waals surface area contributed by atoms with Crippen LogP contribution in [0.5, 0.6) is 0 Å². The summed E-state index contributed by atoms with van der Waals surface area (Å²) >= 11 is 0. The highest BCUT2D eigenvalue weighted by atomic mass is 16.2. The summed E-state index contributed by atoms with van der Waals surface area (Å²) in [4.78, 5) is 29.7. The normalized spacial score (nSPS) is 11.6. The van der Waals surface area contributed by atoms with Crippen molar-refractivity contribution in [2.45, 2.75) is 32.4 Å². The minimum absolute atomic E-state index is 0.103. The maximum absolute atomic E-state index is 12.4. The topological polar surface area (TPSA) is 88.3 Å². The summed E-state index contributed by atoms with van der Waals surface area (Å²) in [5.41, 5.74) is 8.09. The molecule has 25 heavy (non-hydrogen) atoms. The fourth-order valence-corrected chi connectivity index (χ4v) is 2.41. The predicted molar refractivity (Wildman–Crippen MR) is 98.1 cm³/mol. The Balaban J connectivity index is 1.95. The molecule has 0 bridgehead atoms. The van der Waals surface area contributed by atoms with Crippen LogP contribution in [0.3, 0.4) is 0 Å². The zero-order valence-electron chi connectivity index (χ0n) is 14.6. The molecule has 0 aliphatic heterocycles. The van der Waals surface area contributed by atoms with Crippen molar-refractivity contribution >= 4 is 17.5 Å². The van der Waals surface area contributed by atoms with Gasteiger partial charge in [0.1, 0.15) is 0 Å². The summed E-state index contributed by atoms with van der Waals surface area (Å²) < 4.78 is 0. The Morgan fingerprint density at radius 2 is 1.80 bits per heavy atom. The van der Waals surface area contributed by atoms with Crippen molar-refractivity contribution in [2.24, 2.45) is 5.73 Å². The molecule has 6 nitrogen and oxygen atoms in total. The van der Waals surface area contributed by atoms with Gasteiger partial charge in [0.15, 0.2) is 0 Å². The number of amides is 2. The van der Waals surface area contributed by atoms with Gasteiger partial charge in [-0.3, -0.25) is 14.6 Å². The summed E-state index contributed by atoms with van der Waals surface area (Å²) in [6, 6.07) is 10.4. The number of aromatic nitrogens is 1. The number of rotatable bonds is 7. The molecule has 2 aromatic rings. The second kappa shape index (κ2) is 8.94. The number of pyridine rings is 1. The Kier molecular flexibility index (Phi) is 6.65. The first-order chi connectivity index (χ1) is 12.0. The highest BCUT2D eigenvalue weighted by Crippen LogP contribution is 2.16. The van der Waals surface area contributed by atoms with Gasteiger partial charge in [-0.25, -0.2) is 0 Å². The average Bonchev–Trinajstić information content (AvgIpc) is 2.66. The van der Waals surface area contributed by atoms with Crippen molar-refractivity contribution in [2.75, 3.05) is 11.9 Å². The zero-order chi connectivity index (χ0) is 18.2. The summed E-state index contributed by atoms with van der Waals surface area (Å²) in [5.74, 6) is -0.245. The van der Waals surface area contributed by atoms with Gasteiger partial charge in [-0.1, -0.05) is 25.5 Å². The van der Waals surface area contributed by atoms with Crippen LogP contribution < -0.4 is 16.0 Å². The van der Waals surface area contributed by atoms with Crippen molar-refractivity contribution in [3.63, 3.8) is 0 Å². The minimum Gasteiger partial charge on any atom is -0.351 e. The van der Waals surface area contributed by atoms with Gasteiger partial charge in [-0.15, -0.1) is 0 Å². The molecule has 0 radical (unpaired) electrons. The van der Waals surface area contributed by atoms with Gasteiger partial charge in [-0.2, -0.15) is 0 Å². The third-order valence-corrected chi connectivity index (χ3v) is 3.96. The number of nitrogens with one attached hydrogen (secondary N) is 1. The molecule has 3 N–H and O–H groups in total. The third-order valence-electron chi connectivity index (χ3n) is 3.96. The Morgan fingerprint density at radius 1 is 1.16 bits per heavy atom. The van der Waals surface area contributed by atoms with Gasteiger partial charge in [0.05, 0.1) is 6.04 Å². The van der Waals surface area contributed by atoms with Crippen molar-refractivity contribution in [3.8, 4) is 0 Å². The molecule has 1 atom stereocenters. The van der Waals surface area contributed by atoms with E-state index in [1.54, 1.807) is 36.5 Å². The number of benzene rings is 1. The van der Waals surface area contributed by atoms with Gasteiger partial charge in [-0.05, 0) is 36.2 Å². The molecular weight excluding hydrogens is 316 g/mol. The fraction of sp³-hybridized carbons (Fsp3) is 0.316. The number of hydrogen-bond acceptors (Lipinski definition) is 4. The molecule has 0 saturated carbocycles. The molecule has 0 fully saturated rings. The van der Waals surface area contributed by atoms with E-state index in [9.17, 15) is 9.59 Å². The van der Waals surface area contributed by atoms with Crippen LogP contribution in [0.1, 0.15) is 35.7 Å². The number of anilines is 1. The molecule has 1 aromatic heterocycles. The lowest BCUT2D eigenvalue weighted by Gasteiger charge is -2.18. The van der Waals surface area contributed by atoms with Crippen LogP contribution in [0.4, 0.5) is 5.69 Å². The highest BCUT2D eigenvalue weighted by molar-refractivity contribution is 6.05.